The van der Waals surface area contributed by atoms with Gasteiger partial charge in [0.2, 0.25) is 11.0 Å². The number of thioether (sulfide) groups is 1. The molecule has 0 spiro atoms. The van der Waals surface area contributed by atoms with Gasteiger partial charge in [-0.25, -0.2) is 0 Å². The van der Waals surface area contributed by atoms with Crippen molar-refractivity contribution in [2.24, 2.45) is 0 Å². The topological polar surface area (TPSA) is 76.1 Å². The zero-order valence-electron chi connectivity index (χ0n) is 15.4. The summed E-state index contributed by atoms with van der Waals surface area (Å²) in [6, 6.07) is 13.2. The van der Waals surface area contributed by atoms with Crippen molar-refractivity contribution in [1.29, 1.82) is 0 Å². The van der Waals surface area contributed by atoms with Crippen LogP contribution in [0.15, 0.2) is 46.8 Å². The fraction of sp³-hybridized carbons (Fsp3) is 0.211. The maximum Gasteiger partial charge on any atom is 0.230 e. The van der Waals surface area contributed by atoms with Crippen molar-refractivity contribution in [2.45, 2.75) is 17.8 Å². The first-order chi connectivity index (χ1) is 13.5. The average Bonchev–Trinajstić information content (AvgIpc) is 3.16. The molecular weight excluding hydrogens is 416 g/mol. The van der Waals surface area contributed by atoms with Gasteiger partial charge in [-0.05, 0) is 42.3 Å². The maximum absolute atomic E-state index is 12.1. The quantitative estimate of drug-likeness (QED) is 0.502. The summed E-state index contributed by atoms with van der Waals surface area (Å²) in [5, 5.41) is 15.7. The van der Waals surface area contributed by atoms with Gasteiger partial charge in [0.05, 0.1) is 12.9 Å². The molecule has 0 radical (unpaired) electrons. The minimum Gasteiger partial charge on any atom is -0.497 e. The predicted molar refractivity (Wildman–Crippen MR) is 115 cm³/mol. The van der Waals surface area contributed by atoms with E-state index >= 15 is 0 Å². The molecule has 28 heavy (non-hydrogen) atoms. The first-order valence-corrected chi connectivity index (χ1v) is 10.6. The van der Waals surface area contributed by atoms with Gasteiger partial charge in [0, 0.05) is 17.3 Å². The Morgan fingerprint density at radius 1 is 1.21 bits per heavy atom. The highest BCUT2D eigenvalue weighted by atomic mass is 35.5. The van der Waals surface area contributed by atoms with Crippen molar-refractivity contribution < 1.29 is 9.53 Å². The summed E-state index contributed by atoms with van der Waals surface area (Å²) < 4.78 is 5.84. The van der Waals surface area contributed by atoms with Crippen LogP contribution in [0.5, 0.6) is 5.75 Å². The Balaban J connectivity index is 1.47. The molecular formula is C19H19ClN4O2S2. The van der Waals surface area contributed by atoms with E-state index in [1.807, 2.05) is 49.4 Å². The minimum atomic E-state index is -0.0591. The van der Waals surface area contributed by atoms with E-state index in [1.54, 1.807) is 7.11 Å². The molecule has 0 aliphatic carbocycles. The molecule has 1 aromatic heterocycles. The van der Waals surface area contributed by atoms with E-state index in [4.69, 9.17) is 16.3 Å². The molecule has 2 aromatic carbocycles. The first-order valence-electron chi connectivity index (χ1n) is 8.43. The Morgan fingerprint density at radius 3 is 2.75 bits per heavy atom. The summed E-state index contributed by atoms with van der Waals surface area (Å²) in [6.45, 7) is 2.41. The molecule has 3 rings (SSSR count). The van der Waals surface area contributed by atoms with Gasteiger partial charge < -0.3 is 15.4 Å². The second kappa shape index (κ2) is 9.77. The molecule has 0 saturated heterocycles. The van der Waals surface area contributed by atoms with Gasteiger partial charge in [-0.3, -0.25) is 4.79 Å². The van der Waals surface area contributed by atoms with E-state index in [-0.39, 0.29) is 11.7 Å². The maximum atomic E-state index is 12.1. The molecule has 2 N–H and O–H groups in total. The third-order valence-electron chi connectivity index (χ3n) is 3.89. The monoisotopic (exact) mass is 434 g/mol. The average molecular weight is 435 g/mol. The number of hydrogen-bond donors (Lipinski definition) is 2. The largest absolute Gasteiger partial charge is 0.497 e. The van der Waals surface area contributed by atoms with Crippen LogP contribution in [-0.2, 0) is 11.3 Å². The Kier molecular flexibility index (Phi) is 7.13. The van der Waals surface area contributed by atoms with Crippen molar-refractivity contribution in [3.05, 3.63) is 58.6 Å². The number of nitrogens with zero attached hydrogens (tertiary/aromatic N) is 2. The number of rotatable bonds is 8. The fourth-order valence-corrected chi connectivity index (χ4v) is 4.07. The number of anilines is 2. The van der Waals surface area contributed by atoms with Gasteiger partial charge in [-0.15, -0.1) is 10.2 Å². The second-order valence-electron chi connectivity index (χ2n) is 5.82. The summed E-state index contributed by atoms with van der Waals surface area (Å²) in [7, 11) is 1.62. The molecule has 1 heterocycles. The molecule has 9 heteroatoms. The van der Waals surface area contributed by atoms with Gasteiger partial charge in [0.15, 0.2) is 4.34 Å². The van der Waals surface area contributed by atoms with Gasteiger partial charge in [-0.1, -0.05) is 52.9 Å². The van der Waals surface area contributed by atoms with E-state index in [1.165, 1.54) is 23.1 Å². The van der Waals surface area contributed by atoms with Crippen molar-refractivity contribution in [3.63, 3.8) is 0 Å². The molecule has 0 saturated carbocycles. The standard InChI is InChI=1S/C19H19ClN4O2S2/c1-12-15(20)4-3-5-16(12)22-18-23-24-19(28-18)27-11-17(25)21-10-13-6-8-14(26-2)9-7-13/h3-9H,10-11H2,1-2H3,(H,21,25)(H,22,23). The van der Waals surface area contributed by atoms with Crippen molar-refractivity contribution in [3.8, 4) is 5.75 Å². The van der Waals surface area contributed by atoms with Crippen LogP contribution >= 0.6 is 34.7 Å². The van der Waals surface area contributed by atoms with Crippen LogP contribution in [0.25, 0.3) is 0 Å². The van der Waals surface area contributed by atoms with Crippen LogP contribution < -0.4 is 15.4 Å². The van der Waals surface area contributed by atoms with E-state index < -0.39 is 0 Å². The van der Waals surface area contributed by atoms with E-state index in [9.17, 15) is 4.79 Å². The second-order valence-corrected chi connectivity index (χ2v) is 8.43. The lowest BCUT2D eigenvalue weighted by Crippen LogP contribution is -2.24. The summed E-state index contributed by atoms with van der Waals surface area (Å²) >= 11 is 8.88. The molecule has 1 amide bonds. The van der Waals surface area contributed by atoms with E-state index in [0.29, 0.717) is 16.7 Å². The van der Waals surface area contributed by atoms with Crippen LogP contribution in [0.1, 0.15) is 11.1 Å². The molecule has 0 aliphatic heterocycles. The highest BCUT2D eigenvalue weighted by Crippen LogP contribution is 2.30. The number of hydrogen-bond acceptors (Lipinski definition) is 7. The Bertz CT molecular complexity index is 947. The molecule has 0 fully saturated rings. The number of methoxy groups -OCH3 is 1. The number of ether oxygens (including phenoxy) is 1. The smallest absolute Gasteiger partial charge is 0.230 e. The molecule has 3 aromatic rings. The number of aromatic nitrogens is 2. The number of nitrogens with one attached hydrogen (secondary N) is 2. The Morgan fingerprint density at radius 2 is 2.00 bits per heavy atom. The third kappa shape index (κ3) is 5.60. The van der Waals surface area contributed by atoms with Crippen LogP contribution in [0.4, 0.5) is 10.8 Å². The zero-order chi connectivity index (χ0) is 19.9. The lowest BCUT2D eigenvalue weighted by atomic mass is 10.2. The van der Waals surface area contributed by atoms with Crippen molar-refractivity contribution in [1.82, 2.24) is 15.5 Å². The SMILES string of the molecule is COc1ccc(CNC(=O)CSc2nnc(Nc3cccc(Cl)c3C)s2)cc1. The first kappa shape index (κ1) is 20.4. The van der Waals surface area contributed by atoms with Crippen LogP contribution in [0.2, 0.25) is 5.02 Å². The summed E-state index contributed by atoms with van der Waals surface area (Å²) in [6.07, 6.45) is 0. The fourth-order valence-electron chi connectivity index (χ4n) is 2.30. The Hall–Kier alpha value is -2.29. The summed E-state index contributed by atoms with van der Waals surface area (Å²) in [5.41, 5.74) is 2.85. The number of halogens is 1. The molecule has 146 valence electrons. The Labute approximate surface area is 176 Å². The van der Waals surface area contributed by atoms with Crippen molar-refractivity contribution in [2.75, 3.05) is 18.2 Å². The van der Waals surface area contributed by atoms with Gasteiger partial charge in [-0.2, -0.15) is 0 Å². The zero-order valence-corrected chi connectivity index (χ0v) is 17.7. The highest BCUT2D eigenvalue weighted by molar-refractivity contribution is 8.01. The number of amides is 1. The summed E-state index contributed by atoms with van der Waals surface area (Å²) in [5.74, 6) is 1.01. The number of benzene rings is 2. The van der Waals surface area contributed by atoms with Crippen LogP contribution in [-0.4, -0.2) is 29.0 Å². The lowest BCUT2D eigenvalue weighted by molar-refractivity contribution is -0.118. The van der Waals surface area contributed by atoms with Gasteiger partial charge >= 0.3 is 0 Å². The van der Waals surface area contributed by atoms with Gasteiger partial charge in [0.1, 0.15) is 5.75 Å². The highest BCUT2D eigenvalue weighted by Gasteiger charge is 2.10. The number of carbonyl (C=O) groups excluding carboxylic acids is 1. The van der Waals surface area contributed by atoms with E-state index in [2.05, 4.69) is 20.8 Å². The molecule has 0 aliphatic rings. The number of carbonyl (C=O) groups is 1. The third-order valence-corrected chi connectivity index (χ3v) is 6.27. The lowest BCUT2D eigenvalue weighted by Gasteiger charge is -2.07. The summed E-state index contributed by atoms with van der Waals surface area (Å²) in [4.78, 5) is 12.1. The minimum absolute atomic E-state index is 0.0591. The molecule has 0 unspecified atom stereocenters. The normalized spacial score (nSPS) is 10.5. The van der Waals surface area contributed by atoms with Crippen LogP contribution in [0.3, 0.4) is 0 Å². The van der Waals surface area contributed by atoms with Gasteiger partial charge in [0.25, 0.3) is 0 Å². The van der Waals surface area contributed by atoms with Crippen LogP contribution in [0, 0.1) is 6.92 Å². The van der Waals surface area contributed by atoms with Crippen molar-refractivity contribution >= 4 is 51.4 Å². The predicted octanol–water partition coefficient (Wildman–Crippen LogP) is 4.66. The van der Waals surface area contributed by atoms with E-state index in [0.717, 1.165) is 26.9 Å². The molecule has 6 nitrogen and oxygen atoms in total. The molecule has 0 atom stereocenters. The molecule has 0 bridgehead atoms.